The van der Waals surface area contributed by atoms with E-state index in [0.29, 0.717) is 0 Å². The van der Waals surface area contributed by atoms with Crippen LogP contribution in [-0.4, -0.2) is 26.1 Å². The SMILES string of the molecule is CN1CCC(NC(=O)COc2ccccc2F)c2ccccc21. The highest BCUT2D eigenvalue weighted by Crippen LogP contribution is 2.32. The highest BCUT2D eigenvalue weighted by molar-refractivity contribution is 5.78. The maximum absolute atomic E-state index is 13.5. The highest BCUT2D eigenvalue weighted by Gasteiger charge is 2.24. The molecule has 0 fully saturated rings. The van der Waals surface area contributed by atoms with Crippen LogP contribution in [0.1, 0.15) is 18.0 Å². The Bertz CT molecular complexity index is 705. The van der Waals surface area contributed by atoms with Crippen molar-refractivity contribution in [1.82, 2.24) is 5.32 Å². The molecule has 2 aromatic carbocycles. The zero-order chi connectivity index (χ0) is 16.2. The number of hydrogen-bond acceptors (Lipinski definition) is 3. The number of amides is 1. The lowest BCUT2D eigenvalue weighted by Gasteiger charge is -2.33. The van der Waals surface area contributed by atoms with Crippen molar-refractivity contribution in [2.24, 2.45) is 0 Å². The molecule has 2 aromatic rings. The summed E-state index contributed by atoms with van der Waals surface area (Å²) in [4.78, 5) is 14.3. The maximum atomic E-state index is 13.5. The van der Waals surface area contributed by atoms with Gasteiger partial charge in [0.1, 0.15) is 0 Å². The zero-order valence-corrected chi connectivity index (χ0v) is 13.0. The van der Waals surface area contributed by atoms with E-state index in [0.717, 1.165) is 24.2 Å². The van der Waals surface area contributed by atoms with Crippen LogP contribution in [0.25, 0.3) is 0 Å². The van der Waals surface area contributed by atoms with Crippen LogP contribution in [0.3, 0.4) is 0 Å². The standard InChI is InChI=1S/C18H19FN2O2/c1-21-11-10-15(13-6-2-4-8-16(13)21)20-18(22)12-23-17-9-5-3-7-14(17)19/h2-9,15H,10-12H2,1H3,(H,20,22). The van der Waals surface area contributed by atoms with E-state index in [-0.39, 0.29) is 24.3 Å². The molecular formula is C18H19FN2O2. The number of halogens is 1. The van der Waals surface area contributed by atoms with Crippen molar-refractivity contribution in [2.75, 3.05) is 25.1 Å². The second kappa shape index (κ2) is 6.69. The van der Waals surface area contributed by atoms with Crippen molar-refractivity contribution in [3.63, 3.8) is 0 Å². The minimum Gasteiger partial charge on any atom is -0.481 e. The first-order valence-electron chi connectivity index (χ1n) is 7.62. The van der Waals surface area contributed by atoms with Gasteiger partial charge in [0.2, 0.25) is 0 Å². The fourth-order valence-electron chi connectivity index (χ4n) is 2.82. The fraction of sp³-hybridized carbons (Fsp3) is 0.278. The predicted molar refractivity (Wildman–Crippen MR) is 87.1 cm³/mol. The van der Waals surface area contributed by atoms with Crippen LogP contribution in [-0.2, 0) is 4.79 Å². The van der Waals surface area contributed by atoms with Crippen molar-refractivity contribution in [3.05, 3.63) is 59.9 Å². The number of carbonyl (C=O) groups is 1. The largest absolute Gasteiger partial charge is 0.481 e. The Morgan fingerprint density at radius 3 is 2.83 bits per heavy atom. The van der Waals surface area contributed by atoms with Crippen molar-refractivity contribution >= 4 is 11.6 Å². The molecule has 1 amide bonds. The average Bonchev–Trinajstić information content (AvgIpc) is 2.57. The van der Waals surface area contributed by atoms with Gasteiger partial charge in [-0.3, -0.25) is 4.79 Å². The average molecular weight is 314 g/mol. The van der Waals surface area contributed by atoms with Crippen LogP contribution in [0, 0.1) is 5.82 Å². The molecule has 0 saturated heterocycles. The molecule has 1 unspecified atom stereocenters. The fourth-order valence-corrected chi connectivity index (χ4v) is 2.82. The van der Waals surface area contributed by atoms with E-state index in [1.54, 1.807) is 12.1 Å². The molecule has 1 N–H and O–H groups in total. The van der Waals surface area contributed by atoms with Gasteiger partial charge < -0.3 is 15.0 Å². The Morgan fingerprint density at radius 2 is 2.00 bits per heavy atom. The number of benzene rings is 2. The van der Waals surface area contributed by atoms with Crippen molar-refractivity contribution < 1.29 is 13.9 Å². The van der Waals surface area contributed by atoms with Gasteiger partial charge in [0.05, 0.1) is 6.04 Å². The van der Waals surface area contributed by atoms with Crippen LogP contribution < -0.4 is 15.0 Å². The quantitative estimate of drug-likeness (QED) is 0.943. The third-order valence-corrected chi connectivity index (χ3v) is 4.01. The molecule has 1 aliphatic rings. The minimum atomic E-state index is -0.468. The molecule has 0 aromatic heterocycles. The Labute approximate surface area is 134 Å². The lowest BCUT2D eigenvalue weighted by molar-refractivity contribution is -0.123. The van der Waals surface area contributed by atoms with Crippen LogP contribution in [0.15, 0.2) is 48.5 Å². The van der Waals surface area contributed by atoms with Crippen LogP contribution in [0.4, 0.5) is 10.1 Å². The molecule has 0 saturated carbocycles. The molecule has 1 aliphatic heterocycles. The molecule has 0 spiro atoms. The molecule has 120 valence electrons. The van der Waals surface area contributed by atoms with Gasteiger partial charge >= 0.3 is 0 Å². The van der Waals surface area contributed by atoms with Crippen molar-refractivity contribution in [3.8, 4) is 5.75 Å². The van der Waals surface area contributed by atoms with Gasteiger partial charge in [-0.15, -0.1) is 0 Å². The van der Waals surface area contributed by atoms with Crippen LogP contribution in [0.5, 0.6) is 5.75 Å². The van der Waals surface area contributed by atoms with E-state index in [1.165, 1.54) is 12.1 Å². The molecule has 3 rings (SSSR count). The summed E-state index contributed by atoms with van der Waals surface area (Å²) in [7, 11) is 2.04. The molecule has 4 nitrogen and oxygen atoms in total. The monoisotopic (exact) mass is 314 g/mol. The van der Waals surface area contributed by atoms with Crippen LogP contribution in [0.2, 0.25) is 0 Å². The van der Waals surface area contributed by atoms with E-state index >= 15 is 0 Å². The first-order chi connectivity index (χ1) is 11.1. The third kappa shape index (κ3) is 3.44. The summed E-state index contributed by atoms with van der Waals surface area (Å²) in [5, 5.41) is 2.97. The second-order valence-corrected chi connectivity index (χ2v) is 5.61. The number of nitrogens with one attached hydrogen (secondary N) is 1. The van der Waals surface area contributed by atoms with E-state index in [4.69, 9.17) is 4.74 Å². The van der Waals surface area contributed by atoms with Gasteiger partial charge in [0.15, 0.2) is 18.2 Å². The summed E-state index contributed by atoms with van der Waals surface area (Å²) in [6, 6.07) is 14.0. The lowest BCUT2D eigenvalue weighted by atomic mass is 9.97. The summed E-state index contributed by atoms with van der Waals surface area (Å²) < 4.78 is 18.7. The maximum Gasteiger partial charge on any atom is 0.258 e. The second-order valence-electron chi connectivity index (χ2n) is 5.61. The summed E-state index contributed by atoms with van der Waals surface area (Å²) in [6.07, 6.45) is 0.832. The topological polar surface area (TPSA) is 41.6 Å². The number of carbonyl (C=O) groups excluding carboxylic acids is 1. The van der Waals surface area contributed by atoms with Gasteiger partial charge in [0, 0.05) is 19.3 Å². The molecular weight excluding hydrogens is 295 g/mol. The number of fused-ring (bicyclic) bond motifs is 1. The van der Waals surface area contributed by atoms with Crippen LogP contribution >= 0.6 is 0 Å². The van der Waals surface area contributed by atoms with Gasteiger partial charge in [-0.25, -0.2) is 4.39 Å². The summed E-state index contributed by atoms with van der Waals surface area (Å²) in [5.74, 6) is -0.631. The van der Waals surface area contributed by atoms with E-state index in [2.05, 4.69) is 10.2 Å². The summed E-state index contributed by atoms with van der Waals surface area (Å²) >= 11 is 0. The zero-order valence-electron chi connectivity index (χ0n) is 13.0. The predicted octanol–water partition coefficient (Wildman–Crippen LogP) is 2.90. The number of nitrogens with zero attached hydrogens (tertiary/aromatic N) is 1. The molecule has 1 heterocycles. The highest BCUT2D eigenvalue weighted by atomic mass is 19.1. The van der Waals surface area contributed by atoms with Gasteiger partial charge in [-0.1, -0.05) is 30.3 Å². The van der Waals surface area contributed by atoms with Gasteiger partial charge in [-0.05, 0) is 30.2 Å². The first kappa shape index (κ1) is 15.3. The number of anilines is 1. The lowest BCUT2D eigenvalue weighted by Crippen LogP contribution is -2.38. The van der Waals surface area contributed by atoms with E-state index < -0.39 is 5.82 Å². The Hall–Kier alpha value is -2.56. The van der Waals surface area contributed by atoms with Crippen molar-refractivity contribution in [1.29, 1.82) is 0 Å². The summed E-state index contributed by atoms with van der Waals surface area (Å²) in [5.41, 5.74) is 2.22. The molecule has 1 atom stereocenters. The smallest absolute Gasteiger partial charge is 0.258 e. The van der Waals surface area contributed by atoms with E-state index in [9.17, 15) is 9.18 Å². The Morgan fingerprint density at radius 1 is 1.26 bits per heavy atom. The normalized spacial score (nSPS) is 16.6. The minimum absolute atomic E-state index is 0.0425. The first-order valence-corrected chi connectivity index (χ1v) is 7.62. The van der Waals surface area contributed by atoms with Gasteiger partial charge in [-0.2, -0.15) is 0 Å². The Balaban J connectivity index is 1.63. The number of ether oxygens (including phenoxy) is 1. The molecule has 23 heavy (non-hydrogen) atoms. The third-order valence-electron chi connectivity index (χ3n) is 4.01. The summed E-state index contributed by atoms with van der Waals surface area (Å²) in [6.45, 7) is 0.672. The number of para-hydroxylation sites is 2. The Kier molecular flexibility index (Phi) is 4.46. The molecule has 0 radical (unpaired) electrons. The van der Waals surface area contributed by atoms with Crippen molar-refractivity contribution in [2.45, 2.75) is 12.5 Å². The van der Waals surface area contributed by atoms with E-state index in [1.807, 2.05) is 31.3 Å². The van der Waals surface area contributed by atoms with Gasteiger partial charge in [0.25, 0.3) is 5.91 Å². The molecule has 0 aliphatic carbocycles. The molecule has 5 heteroatoms. The number of hydrogen-bond donors (Lipinski definition) is 1. The molecule has 0 bridgehead atoms. The number of rotatable bonds is 4.